The summed E-state index contributed by atoms with van der Waals surface area (Å²) in [6.07, 6.45) is 0. The summed E-state index contributed by atoms with van der Waals surface area (Å²) in [4.78, 5) is 24.6. The third kappa shape index (κ3) is 5.60. The molecular weight excluding hydrogens is 447 g/mol. The van der Waals surface area contributed by atoms with E-state index in [1.807, 2.05) is 0 Å². The van der Waals surface area contributed by atoms with Crippen molar-refractivity contribution in [3.05, 3.63) is 62.0 Å². The van der Waals surface area contributed by atoms with Gasteiger partial charge in [-0.2, -0.15) is 0 Å². The summed E-state index contributed by atoms with van der Waals surface area (Å²) in [5.41, 5.74) is 5.08. The van der Waals surface area contributed by atoms with Crippen molar-refractivity contribution in [2.45, 2.75) is 0 Å². The highest BCUT2D eigenvalue weighted by molar-refractivity contribution is 9.10. The van der Waals surface area contributed by atoms with Gasteiger partial charge in [0.15, 0.2) is 0 Å². The molecule has 9 heteroatoms. The highest BCUT2D eigenvalue weighted by Crippen LogP contribution is 2.23. The largest absolute Gasteiger partial charge is 0.490 e. The molecule has 2 rings (SSSR count). The molecule has 6 nitrogen and oxygen atoms in total. The number of ether oxygens (including phenoxy) is 2. The van der Waals surface area contributed by atoms with E-state index >= 15 is 0 Å². The molecule has 0 fully saturated rings. The zero-order valence-corrected chi connectivity index (χ0v) is 16.7. The first-order chi connectivity index (χ1) is 12.4. The van der Waals surface area contributed by atoms with Gasteiger partial charge in [0.2, 0.25) is 0 Å². The van der Waals surface area contributed by atoms with Crippen molar-refractivity contribution in [3.63, 3.8) is 0 Å². The monoisotopic (exact) mass is 460 g/mol. The standard InChI is InChI=1S/C17H15BrCl2N2O4/c1-25-6-7-26-15-5-2-10(18)8-13(15)17(24)22-21-16(23)12-4-3-11(19)9-14(12)20/h2-5,8-9H,6-7H2,1H3,(H,21,23)(H,22,24). The average molecular weight is 462 g/mol. The number of amides is 2. The Bertz CT molecular complexity index is 817. The number of halogens is 3. The van der Waals surface area contributed by atoms with Crippen LogP contribution in [0.2, 0.25) is 10.0 Å². The number of hydrazine groups is 1. The van der Waals surface area contributed by atoms with Gasteiger partial charge in [0.1, 0.15) is 12.4 Å². The van der Waals surface area contributed by atoms with Gasteiger partial charge in [-0.1, -0.05) is 39.1 Å². The van der Waals surface area contributed by atoms with Gasteiger partial charge >= 0.3 is 0 Å². The molecule has 0 atom stereocenters. The molecule has 0 saturated heterocycles. The Kier molecular flexibility index (Phi) is 7.71. The molecule has 2 aromatic rings. The molecule has 0 saturated carbocycles. The summed E-state index contributed by atoms with van der Waals surface area (Å²) in [6.45, 7) is 0.661. The molecule has 0 radical (unpaired) electrons. The van der Waals surface area contributed by atoms with Crippen LogP contribution in [0.1, 0.15) is 20.7 Å². The van der Waals surface area contributed by atoms with Crippen LogP contribution in [-0.2, 0) is 4.74 Å². The van der Waals surface area contributed by atoms with Crippen molar-refractivity contribution >= 4 is 50.9 Å². The summed E-state index contributed by atoms with van der Waals surface area (Å²) >= 11 is 15.1. The Morgan fingerprint density at radius 2 is 1.69 bits per heavy atom. The molecule has 0 aliphatic rings. The Morgan fingerprint density at radius 1 is 1.00 bits per heavy atom. The maximum absolute atomic E-state index is 12.4. The number of carbonyl (C=O) groups is 2. The van der Waals surface area contributed by atoms with Gasteiger partial charge in [-0.25, -0.2) is 0 Å². The Labute approximate surface area is 168 Å². The minimum Gasteiger partial charge on any atom is -0.490 e. The fraction of sp³-hybridized carbons (Fsp3) is 0.176. The highest BCUT2D eigenvalue weighted by atomic mass is 79.9. The van der Waals surface area contributed by atoms with Crippen LogP contribution < -0.4 is 15.6 Å². The van der Waals surface area contributed by atoms with Crippen molar-refractivity contribution in [1.82, 2.24) is 10.9 Å². The van der Waals surface area contributed by atoms with Crippen molar-refractivity contribution in [2.24, 2.45) is 0 Å². The minimum absolute atomic E-state index is 0.176. The van der Waals surface area contributed by atoms with Gasteiger partial charge in [-0.3, -0.25) is 20.4 Å². The highest BCUT2D eigenvalue weighted by Gasteiger charge is 2.16. The number of hydrogen-bond donors (Lipinski definition) is 2. The molecule has 0 aromatic heterocycles. The van der Waals surface area contributed by atoms with Crippen LogP contribution in [0.15, 0.2) is 40.9 Å². The number of benzene rings is 2. The van der Waals surface area contributed by atoms with Gasteiger partial charge in [-0.05, 0) is 36.4 Å². The summed E-state index contributed by atoms with van der Waals surface area (Å²) in [7, 11) is 1.55. The SMILES string of the molecule is COCCOc1ccc(Br)cc1C(=O)NNC(=O)c1ccc(Cl)cc1Cl. The van der Waals surface area contributed by atoms with Crippen LogP contribution in [0.25, 0.3) is 0 Å². The van der Waals surface area contributed by atoms with Crippen molar-refractivity contribution < 1.29 is 19.1 Å². The van der Waals surface area contributed by atoms with Crippen LogP contribution in [-0.4, -0.2) is 32.1 Å². The van der Waals surface area contributed by atoms with E-state index < -0.39 is 11.8 Å². The average Bonchev–Trinajstić information content (AvgIpc) is 2.60. The third-order valence-electron chi connectivity index (χ3n) is 3.20. The molecule has 138 valence electrons. The summed E-state index contributed by atoms with van der Waals surface area (Å²) in [6, 6.07) is 9.40. The summed E-state index contributed by atoms with van der Waals surface area (Å²) in [5, 5.41) is 0.581. The predicted molar refractivity (Wildman–Crippen MR) is 103 cm³/mol. The van der Waals surface area contributed by atoms with E-state index in [1.54, 1.807) is 25.3 Å². The van der Waals surface area contributed by atoms with Gasteiger partial charge in [-0.15, -0.1) is 0 Å². The van der Waals surface area contributed by atoms with Crippen LogP contribution in [0.5, 0.6) is 5.75 Å². The molecular formula is C17H15BrCl2N2O4. The minimum atomic E-state index is -0.572. The molecule has 0 unspecified atom stereocenters. The van der Waals surface area contributed by atoms with Crippen molar-refractivity contribution in [3.8, 4) is 5.75 Å². The number of methoxy groups -OCH3 is 1. The lowest BCUT2D eigenvalue weighted by Gasteiger charge is -2.13. The first kappa shape index (κ1) is 20.5. The van der Waals surface area contributed by atoms with Crippen molar-refractivity contribution in [1.29, 1.82) is 0 Å². The van der Waals surface area contributed by atoms with Crippen LogP contribution >= 0.6 is 39.1 Å². The van der Waals surface area contributed by atoms with E-state index in [9.17, 15) is 9.59 Å². The van der Waals surface area contributed by atoms with Crippen molar-refractivity contribution in [2.75, 3.05) is 20.3 Å². The van der Waals surface area contributed by atoms with Gasteiger partial charge in [0.25, 0.3) is 11.8 Å². The lowest BCUT2D eigenvalue weighted by Crippen LogP contribution is -2.41. The second kappa shape index (κ2) is 9.78. The molecule has 0 aliphatic heterocycles. The third-order valence-corrected chi connectivity index (χ3v) is 4.24. The van der Waals surface area contributed by atoms with E-state index in [0.29, 0.717) is 21.9 Å². The Morgan fingerprint density at radius 3 is 2.35 bits per heavy atom. The van der Waals surface area contributed by atoms with E-state index in [-0.39, 0.29) is 22.8 Å². The number of carbonyl (C=O) groups excluding carboxylic acids is 2. The first-order valence-corrected chi connectivity index (χ1v) is 8.94. The quantitative estimate of drug-likeness (QED) is 0.505. The van der Waals surface area contributed by atoms with E-state index in [1.165, 1.54) is 18.2 Å². The lowest BCUT2D eigenvalue weighted by molar-refractivity contribution is 0.0842. The van der Waals surface area contributed by atoms with E-state index in [2.05, 4.69) is 26.8 Å². The number of nitrogens with one attached hydrogen (secondary N) is 2. The molecule has 0 spiro atoms. The summed E-state index contributed by atoms with van der Waals surface area (Å²) in [5.74, 6) is -0.754. The molecule has 2 aromatic carbocycles. The van der Waals surface area contributed by atoms with Gasteiger partial charge in [0, 0.05) is 16.6 Å². The van der Waals surface area contributed by atoms with E-state index in [4.69, 9.17) is 32.7 Å². The maximum Gasteiger partial charge on any atom is 0.273 e. The molecule has 0 bridgehead atoms. The van der Waals surface area contributed by atoms with Crippen LogP contribution in [0, 0.1) is 0 Å². The normalized spacial score (nSPS) is 10.3. The second-order valence-corrected chi connectivity index (χ2v) is 6.77. The summed E-state index contributed by atoms with van der Waals surface area (Å²) < 4.78 is 11.1. The predicted octanol–water partition coefficient (Wildman–Crippen LogP) is 3.86. The number of rotatable bonds is 6. The van der Waals surface area contributed by atoms with Crippen LogP contribution in [0.4, 0.5) is 0 Å². The molecule has 26 heavy (non-hydrogen) atoms. The fourth-order valence-corrected chi connectivity index (χ4v) is 2.82. The van der Waals surface area contributed by atoms with Gasteiger partial charge in [0.05, 0.1) is 22.8 Å². The zero-order valence-electron chi connectivity index (χ0n) is 13.6. The van der Waals surface area contributed by atoms with Gasteiger partial charge < -0.3 is 9.47 Å². The topological polar surface area (TPSA) is 76.7 Å². The Hall–Kier alpha value is -1.80. The lowest BCUT2D eigenvalue weighted by atomic mass is 10.2. The fourth-order valence-electron chi connectivity index (χ4n) is 1.96. The molecule has 2 N–H and O–H groups in total. The molecule has 2 amide bonds. The van der Waals surface area contributed by atoms with E-state index in [0.717, 1.165) is 0 Å². The smallest absolute Gasteiger partial charge is 0.273 e. The first-order valence-electron chi connectivity index (χ1n) is 7.39. The second-order valence-electron chi connectivity index (χ2n) is 5.01. The molecule has 0 aliphatic carbocycles. The maximum atomic E-state index is 12.4. The zero-order chi connectivity index (χ0) is 19.1. The molecule has 0 heterocycles. The number of hydrogen-bond acceptors (Lipinski definition) is 4. The van der Waals surface area contributed by atoms with Crippen LogP contribution in [0.3, 0.4) is 0 Å². The Balaban J connectivity index is 2.07.